The van der Waals surface area contributed by atoms with Crippen LogP contribution in [0, 0.1) is 5.82 Å². The smallest absolute Gasteiger partial charge is 0.282 e. The molecule has 152 valence electrons. The van der Waals surface area contributed by atoms with E-state index in [1.54, 1.807) is 30.5 Å². The first-order valence-electron chi connectivity index (χ1n) is 9.48. The van der Waals surface area contributed by atoms with Crippen LogP contribution < -0.4 is 4.90 Å². The lowest BCUT2D eigenvalue weighted by Crippen LogP contribution is -2.31. The van der Waals surface area contributed by atoms with Gasteiger partial charge in [-0.3, -0.25) is 14.7 Å². The van der Waals surface area contributed by atoms with Crippen molar-refractivity contribution in [2.45, 2.75) is 6.54 Å². The molecule has 8 heteroatoms. The topological polar surface area (TPSA) is 72.1 Å². The monoisotopic (exact) mass is 430 g/mol. The fraction of sp³-hybridized carbons (Fsp3) is 0.0435. The third-order valence-electron chi connectivity index (χ3n) is 4.67. The summed E-state index contributed by atoms with van der Waals surface area (Å²) in [5, 5.41) is 4.33. The minimum absolute atomic E-state index is 0.134. The number of para-hydroxylation sites is 1. The van der Waals surface area contributed by atoms with Crippen LogP contribution in [0.2, 0.25) is 0 Å². The Morgan fingerprint density at radius 1 is 1.03 bits per heavy atom. The van der Waals surface area contributed by atoms with E-state index in [4.69, 9.17) is 4.52 Å². The van der Waals surface area contributed by atoms with Gasteiger partial charge < -0.3 is 4.52 Å². The summed E-state index contributed by atoms with van der Waals surface area (Å²) < 4.78 is 20.3. The summed E-state index contributed by atoms with van der Waals surface area (Å²) >= 11 is 1.23. The quantitative estimate of drug-likeness (QED) is 0.377. The highest BCUT2D eigenvalue weighted by molar-refractivity contribution is 7.22. The first kappa shape index (κ1) is 19.1. The molecule has 3 aromatic heterocycles. The number of aromatic nitrogens is 3. The Balaban J connectivity index is 1.54. The third kappa shape index (κ3) is 3.80. The van der Waals surface area contributed by atoms with Crippen molar-refractivity contribution in [1.29, 1.82) is 0 Å². The van der Waals surface area contributed by atoms with Crippen LogP contribution >= 0.6 is 11.3 Å². The van der Waals surface area contributed by atoms with Crippen LogP contribution in [-0.2, 0) is 6.54 Å². The molecule has 0 fully saturated rings. The fourth-order valence-corrected chi connectivity index (χ4v) is 4.13. The Kier molecular flexibility index (Phi) is 4.97. The van der Waals surface area contributed by atoms with Gasteiger partial charge in [-0.05, 0) is 24.3 Å². The number of carbonyl (C=O) groups is 1. The van der Waals surface area contributed by atoms with E-state index in [0.29, 0.717) is 21.3 Å². The molecule has 0 N–H and O–H groups in total. The van der Waals surface area contributed by atoms with E-state index in [2.05, 4.69) is 15.1 Å². The molecule has 6 nitrogen and oxygen atoms in total. The van der Waals surface area contributed by atoms with E-state index >= 15 is 0 Å². The average molecular weight is 430 g/mol. The summed E-state index contributed by atoms with van der Waals surface area (Å²) in [4.78, 5) is 23.5. The Bertz CT molecular complexity index is 1350. The van der Waals surface area contributed by atoms with Gasteiger partial charge in [-0.2, -0.15) is 0 Å². The second kappa shape index (κ2) is 8.08. The molecule has 31 heavy (non-hydrogen) atoms. The molecule has 5 rings (SSSR count). The standard InChI is InChI=1S/C23H15FN4O2S/c24-17-10-6-11-20-21(17)26-23(31-20)28(14-16-9-4-5-12-25-16)22(29)18-13-19(30-27-18)15-7-2-1-3-8-15/h1-13H,14H2. The summed E-state index contributed by atoms with van der Waals surface area (Å²) in [5.41, 5.74) is 1.84. The summed E-state index contributed by atoms with van der Waals surface area (Å²) in [5.74, 6) is -0.355. The Hall–Kier alpha value is -3.91. The van der Waals surface area contributed by atoms with Gasteiger partial charge >= 0.3 is 0 Å². The van der Waals surface area contributed by atoms with E-state index in [9.17, 15) is 9.18 Å². The molecule has 5 aromatic rings. The second-order valence-corrected chi connectivity index (χ2v) is 7.75. The minimum atomic E-state index is -0.432. The van der Waals surface area contributed by atoms with Crippen LogP contribution in [0.25, 0.3) is 21.5 Å². The molecular formula is C23H15FN4O2S. The predicted molar refractivity (Wildman–Crippen MR) is 116 cm³/mol. The summed E-state index contributed by atoms with van der Waals surface area (Å²) in [6.07, 6.45) is 1.65. The molecular weight excluding hydrogens is 415 g/mol. The highest BCUT2D eigenvalue weighted by atomic mass is 32.1. The van der Waals surface area contributed by atoms with Gasteiger partial charge in [0.2, 0.25) is 0 Å². The Morgan fingerprint density at radius 2 is 1.87 bits per heavy atom. The predicted octanol–water partition coefficient (Wildman–Crippen LogP) is 5.33. The van der Waals surface area contributed by atoms with Crippen molar-refractivity contribution < 1.29 is 13.7 Å². The zero-order valence-corrected chi connectivity index (χ0v) is 16.9. The van der Waals surface area contributed by atoms with Crippen LogP contribution in [0.3, 0.4) is 0 Å². The van der Waals surface area contributed by atoms with Crippen molar-refractivity contribution >= 4 is 32.6 Å². The normalized spacial score (nSPS) is 11.0. The van der Waals surface area contributed by atoms with Gasteiger partial charge in [-0.15, -0.1) is 0 Å². The van der Waals surface area contributed by atoms with Gasteiger partial charge in [-0.25, -0.2) is 9.37 Å². The SMILES string of the molecule is O=C(c1cc(-c2ccccc2)on1)N(Cc1ccccn1)c1nc2c(F)cccc2s1. The van der Waals surface area contributed by atoms with Crippen molar-refractivity contribution in [2.24, 2.45) is 0 Å². The number of thiazole rings is 1. The van der Waals surface area contributed by atoms with Crippen molar-refractivity contribution in [3.63, 3.8) is 0 Å². The molecule has 0 unspecified atom stereocenters. The van der Waals surface area contributed by atoms with Crippen LogP contribution in [0.15, 0.2) is 83.5 Å². The molecule has 2 aromatic carbocycles. The lowest BCUT2D eigenvalue weighted by molar-refractivity contribution is 0.0976. The number of hydrogen-bond donors (Lipinski definition) is 0. The third-order valence-corrected chi connectivity index (χ3v) is 5.71. The molecule has 0 atom stereocenters. The van der Waals surface area contributed by atoms with E-state index in [1.807, 2.05) is 42.5 Å². The molecule has 0 spiro atoms. The molecule has 0 saturated heterocycles. The first-order valence-corrected chi connectivity index (χ1v) is 10.3. The van der Waals surface area contributed by atoms with Gasteiger partial charge in [0.05, 0.1) is 16.9 Å². The number of nitrogens with zero attached hydrogens (tertiary/aromatic N) is 4. The molecule has 0 bridgehead atoms. The maximum absolute atomic E-state index is 14.2. The summed E-state index contributed by atoms with van der Waals surface area (Å²) in [6, 6.07) is 21.2. The maximum atomic E-state index is 14.2. The number of fused-ring (bicyclic) bond motifs is 1. The van der Waals surface area contributed by atoms with Crippen molar-refractivity contribution in [2.75, 3.05) is 4.90 Å². The maximum Gasteiger partial charge on any atom is 0.282 e. The number of rotatable bonds is 5. The fourth-order valence-electron chi connectivity index (χ4n) is 3.15. The van der Waals surface area contributed by atoms with Gasteiger partial charge in [0.25, 0.3) is 5.91 Å². The van der Waals surface area contributed by atoms with Crippen molar-refractivity contribution in [1.82, 2.24) is 15.1 Å². The van der Waals surface area contributed by atoms with Gasteiger partial charge in [-0.1, -0.05) is 59.0 Å². The summed E-state index contributed by atoms with van der Waals surface area (Å²) in [7, 11) is 0. The molecule has 3 heterocycles. The van der Waals surface area contributed by atoms with E-state index in [1.165, 1.54) is 22.3 Å². The Labute approximate surface area is 180 Å². The number of amides is 1. The lowest BCUT2D eigenvalue weighted by atomic mass is 10.1. The number of halogens is 1. The first-order chi connectivity index (χ1) is 15.2. The van der Waals surface area contributed by atoms with E-state index < -0.39 is 11.7 Å². The highest BCUT2D eigenvalue weighted by Gasteiger charge is 2.26. The minimum Gasteiger partial charge on any atom is -0.355 e. The second-order valence-electron chi connectivity index (χ2n) is 6.74. The van der Waals surface area contributed by atoms with Crippen LogP contribution in [0.1, 0.15) is 16.2 Å². The lowest BCUT2D eigenvalue weighted by Gasteiger charge is -2.18. The molecule has 0 saturated carbocycles. The zero-order valence-electron chi connectivity index (χ0n) is 16.1. The highest BCUT2D eigenvalue weighted by Crippen LogP contribution is 2.32. The van der Waals surface area contributed by atoms with Gasteiger partial charge in [0.1, 0.15) is 11.3 Å². The van der Waals surface area contributed by atoms with E-state index in [-0.39, 0.29) is 17.8 Å². The number of hydrogen-bond acceptors (Lipinski definition) is 6. The molecule has 1 amide bonds. The Morgan fingerprint density at radius 3 is 2.65 bits per heavy atom. The zero-order chi connectivity index (χ0) is 21.2. The van der Waals surface area contributed by atoms with E-state index in [0.717, 1.165) is 5.56 Å². The summed E-state index contributed by atoms with van der Waals surface area (Å²) in [6.45, 7) is 0.161. The van der Waals surface area contributed by atoms with Crippen LogP contribution in [0.5, 0.6) is 0 Å². The number of carbonyl (C=O) groups excluding carboxylic acids is 1. The van der Waals surface area contributed by atoms with Gasteiger partial charge in [0.15, 0.2) is 16.6 Å². The molecule has 0 radical (unpaired) electrons. The van der Waals surface area contributed by atoms with Gasteiger partial charge in [0, 0.05) is 17.8 Å². The largest absolute Gasteiger partial charge is 0.355 e. The number of anilines is 1. The molecule has 0 aliphatic carbocycles. The van der Waals surface area contributed by atoms with Crippen molar-refractivity contribution in [3.05, 3.63) is 96.2 Å². The number of pyridine rings is 1. The van der Waals surface area contributed by atoms with Crippen LogP contribution in [-0.4, -0.2) is 21.0 Å². The number of benzene rings is 2. The average Bonchev–Trinajstić information content (AvgIpc) is 3.47. The van der Waals surface area contributed by atoms with Crippen molar-refractivity contribution in [3.8, 4) is 11.3 Å². The van der Waals surface area contributed by atoms with Crippen LogP contribution in [0.4, 0.5) is 9.52 Å². The molecule has 0 aliphatic heterocycles. The molecule has 0 aliphatic rings.